The first-order chi connectivity index (χ1) is 12.6. The number of nitrogens with zero attached hydrogens (tertiary/aromatic N) is 3. The Morgan fingerprint density at radius 1 is 1.23 bits per heavy atom. The van der Waals surface area contributed by atoms with Gasteiger partial charge in [-0.1, -0.05) is 6.07 Å². The van der Waals surface area contributed by atoms with Gasteiger partial charge in [-0.2, -0.15) is 5.26 Å². The molecule has 1 N–H and O–H groups in total. The third-order valence-corrected chi connectivity index (χ3v) is 5.82. The van der Waals surface area contributed by atoms with Gasteiger partial charge in [-0.25, -0.2) is 4.98 Å². The zero-order valence-corrected chi connectivity index (χ0v) is 15.4. The van der Waals surface area contributed by atoms with Crippen LogP contribution in [0.25, 0.3) is 22.9 Å². The summed E-state index contributed by atoms with van der Waals surface area (Å²) in [4.78, 5) is 10.0. The maximum Gasteiger partial charge on any atom is 0.134 e. The van der Waals surface area contributed by atoms with E-state index in [1.54, 1.807) is 23.6 Å². The maximum absolute atomic E-state index is 10.5. The first-order valence-electron chi connectivity index (χ1n) is 8.42. The van der Waals surface area contributed by atoms with Crippen molar-refractivity contribution in [2.75, 3.05) is 0 Å². The highest BCUT2D eigenvalue weighted by Gasteiger charge is 2.24. The van der Waals surface area contributed by atoms with Crippen molar-refractivity contribution >= 4 is 23.0 Å². The highest BCUT2D eigenvalue weighted by Crippen LogP contribution is 2.42. The smallest absolute Gasteiger partial charge is 0.134 e. The fraction of sp³-hybridized carbons (Fsp3) is 0.190. The number of hydrogen-bond donors (Lipinski definition) is 1. The minimum atomic E-state index is 0.00447. The van der Waals surface area contributed by atoms with Crippen molar-refractivity contribution in [3.63, 3.8) is 0 Å². The summed E-state index contributed by atoms with van der Waals surface area (Å²) in [5.41, 5.74) is 8.97. The molecule has 4 nitrogen and oxygen atoms in total. The summed E-state index contributed by atoms with van der Waals surface area (Å²) in [5.74, 6) is 0.00447. The van der Waals surface area contributed by atoms with E-state index in [1.807, 2.05) is 31.5 Å². The number of nitriles is 1. The van der Waals surface area contributed by atoms with Crippen LogP contribution in [0.4, 0.5) is 0 Å². The quantitative estimate of drug-likeness (QED) is 0.707. The summed E-state index contributed by atoms with van der Waals surface area (Å²) in [5, 5.41) is 20.1. The fourth-order valence-electron chi connectivity index (χ4n) is 3.56. The standard InChI is InChI=1S/C21H17N3OS/c1-12-4-3-7-23-20(12)19-16-6-5-14(21-13(2)24-11-26-21)8-15(16)9-18(25)17(19)10-22/h3-4,7-9,11,25H,5-6H2,1-2H3. The normalized spacial score (nSPS) is 13.0. The van der Waals surface area contributed by atoms with Gasteiger partial charge in [0.1, 0.15) is 17.4 Å². The molecule has 3 aromatic rings. The Labute approximate surface area is 156 Å². The molecule has 128 valence electrons. The summed E-state index contributed by atoms with van der Waals surface area (Å²) in [6.07, 6.45) is 5.52. The van der Waals surface area contributed by atoms with E-state index in [9.17, 15) is 10.4 Å². The van der Waals surface area contributed by atoms with Gasteiger partial charge in [0.15, 0.2) is 0 Å². The third kappa shape index (κ3) is 2.59. The number of rotatable bonds is 2. The van der Waals surface area contributed by atoms with Crippen molar-refractivity contribution in [3.8, 4) is 23.1 Å². The van der Waals surface area contributed by atoms with Crippen LogP contribution in [0, 0.1) is 25.2 Å². The lowest BCUT2D eigenvalue weighted by Gasteiger charge is -2.21. The minimum Gasteiger partial charge on any atom is -0.507 e. The van der Waals surface area contributed by atoms with Gasteiger partial charge in [-0.15, -0.1) is 11.3 Å². The Morgan fingerprint density at radius 2 is 2.08 bits per heavy atom. The topological polar surface area (TPSA) is 69.8 Å². The van der Waals surface area contributed by atoms with Gasteiger partial charge in [0, 0.05) is 11.8 Å². The second kappa shape index (κ2) is 6.40. The number of fused-ring (bicyclic) bond motifs is 1. The van der Waals surface area contributed by atoms with Crippen molar-refractivity contribution in [3.05, 3.63) is 62.7 Å². The Hall–Kier alpha value is -2.97. The van der Waals surface area contributed by atoms with E-state index >= 15 is 0 Å². The minimum absolute atomic E-state index is 0.00447. The van der Waals surface area contributed by atoms with Crippen LogP contribution in [0.3, 0.4) is 0 Å². The molecule has 0 aliphatic heterocycles. The number of phenolic OH excluding ortho intramolecular Hbond substituents is 1. The second-order valence-corrected chi connectivity index (χ2v) is 7.29. The fourth-order valence-corrected chi connectivity index (χ4v) is 4.41. The number of hydrogen-bond acceptors (Lipinski definition) is 5. The van der Waals surface area contributed by atoms with Gasteiger partial charge in [0.2, 0.25) is 0 Å². The monoisotopic (exact) mass is 359 g/mol. The van der Waals surface area contributed by atoms with Gasteiger partial charge in [0.25, 0.3) is 0 Å². The Bertz CT molecular complexity index is 1090. The lowest BCUT2D eigenvalue weighted by molar-refractivity contribution is 0.473. The second-order valence-electron chi connectivity index (χ2n) is 6.43. The highest BCUT2D eigenvalue weighted by atomic mass is 32.1. The van der Waals surface area contributed by atoms with Crippen LogP contribution in [0.15, 0.2) is 29.9 Å². The molecule has 1 aliphatic rings. The van der Waals surface area contributed by atoms with Gasteiger partial charge < -0.3 is 5.11 Å². The molecule has 5 heteroatoms. The van der Waals surface area contributed by atoms with Gasteiger partial charge in [-0.05, 0) is 67.2 Å². The molecule has 0 spiro atoms. The Kier molecular flexibility index (Phi) is 4.06. The number of phenols is 1. The summed E-state index contributed by atoms with van der Waals surface area (Å²) < 4.78 is 0. The van der Waals surface area contributed by atoms with Gasteiger partial charge in [0.05, 0.1) is 21.8 Å². The van der Waals surface area contributed by atoms with E-state index in [-0.39, 0.29) is 5.75 Å². The first kappa shape index (κ1) is 16.5. The number of thiazole rings is 1. The van der Waals surface area contributed by atoms with Crippen molar-refractivity contribution in [1.29, 1.82) is 5.26 Å². The average Bonchev–Trinajstić information content (AvgIpc) is 3.06. The number of benzene rings is 1. The maximum atomic E-state index is 10.5. The van der Waals surface area contributed by atoms with Crippen LogP contribution in [0.1, 0.15) is 39.2 Å². The molecule has 0 radical (unpaired) electrons. The number of aromatic nitrogens is 2. The van der Waals surface area contributed by atoms with Crippen molar-refractivity contribution in [1.82, 2.24) is 9.97 Å². The SMILES string of the molecule is Cc1cccnc1-c1c(C#N)c(O)cc2c1CCC(c1scnc1C)=C2. The molecule has 0 unspecified atom stereocenters. The molecular formula is C21H17N3OS. The third-order valence-electron chi connectivity index (χ3n) is 4.82. The van der Waals surface area contributed by atoms with Crippen LogP contribution < -0.4 is 0 Å². The average molecular weight is 359 g/mol. The Balaban J connectivity index is 1.97. The largest absolute Gasteiger partial charge is 0.507 e. The van der Waals surface area contributed by atoms with E-state index in [4.69, 9.17) is 0 Å². The number of allylic oxidation sites excluding steroid dienone is 1. The van der Waals surface area contributed by atoms with Gasteiger partial charge >= 0.3 is 0 Å². The van der Waals surface area contributed by atoms with Crippen LogP contribution in [-0.4, -0.2) is 15.1 Å². The molecule has 4 rings (SSSR count). The molecule has 26 heavy (non-hydrogen) atoms. The van der Waals surface area contributed by atoms with Crippen LogP contribution in [-0.2, 0) is 6.42 Å². The molecule has 0 bridgehead atoms. The summed E-state index contributed by atoms with van der Waals surface area (Å²) in [6, 6.07) is 7.73. The first-order valence-corrected chi connectivity index (χ1v) is 9.30. The van der Waals surface area contributed by atoms with Crippen molar-refractivity contribution in [2.45, 2.75) is 26.7 Å². The molecule has 1 aliphatic carbocycles. The van der Waals surface area contributed by atoms with Gasteiger partial charge in [-0.3, -0.25) is 4.98 Å². The van der Waals surface area contributed by atoms with Crippen molar-refractivity contribution < 1.29 is 5.11 Å². The zero-order chi connectivity index (χ0) is 18.3. The number of aromatic hydroxyl groups is 1. The van der Waals surface area contributed by atoms with E-state index in [0.717, 1.165) is 46.5 Å². The predicted octanol–water partition coefficient (Wildman–Crippen LogP) is 4.89. The molecule has 2 aromatic heterocycles. The number of pyridine rings is 1. The predicted molar refractivity (Wildman–Crippen MR) is 104 cm³/mol. The van der Waals surface area contributed by atoms with Crippen molar-refractivity contribution in [2.24, 2.45) is 0 Å². The van der Waals surface area contributed by atoms with Crippen LogP contribution >= 0.6 is 11.3 Å². The Morgan fingerprint density at radius 3 is 2.77 bits per heavy atom. The molecule has 2 heterocycles. The molecule has 0 saturated heterocycles. The molecular weight excluding hydrogens is 342 g/mol. The highest BCUT2D eigenvalue weighted by molar-refractivity contribution is 7.11. The molecule has 0 saturated carbocycles. The van der Waals surface area contributed by atoms with E-state index in [2.05, 4.69) is 22.1 Å². The number of aryl methyl sites for hydroxylation is 2. The summed E-state index contributed by atoms with van der Waals surface area (Å²) in [6.45, 7) is 3.99. The molecule has 0 amide bonds. The van der Waals surface area contributed by atoms with E-state index in [0.29, 0.717) is 5.56 Å². The lowest BCUT2D eigenvalue weighted by Crippen LogP contribution is -2.05. The van der Waals surface area contributed by atoms with Crippen LogP contribution in [0.2, 0.25) is 0 Å². The lowest BCUT2D eigenvalue weighted by atomic mass is 9.83. The van der Waals surface area contributed by atoms with E-state index < -0.39 is 0 Å². The summed E-state index contributed by atoms with van der Waals surface area (Å²) >= 11 is 1.64. The zero-order valence-electron chi connectivity index (χ0n) is 14.6. The summed E-state index contributed by atoms with van der Waals surface area (Å²) in [7, 11) is 0. The van der Waals surface area contributed by atoms with Crippen LogP contribution in [0.5, 0.6) is 5.75 Å². The molecule has 0 atom stereocenters. The van der Waals surface area contributed by atoms with E-state index in [1.165, 1.54) is 10.5 Å². The molecule has 1 aromatic carbocycles. The molecule has 0 fully saturated rings.